The van der Waals surface area contributed by atoms with Crippen LogP contribution in [0.4, 0.5) is 17.3 Å². The molecule has 2 nitrogen and oxygen atoms in total. The molecule has 1 heterocycles. The van der Waals surface area contributed by atoms with Gasteiger partial charge in [-0.15, -0.1) is 0 Å². The minimum atomic E-state index is -6.00. The van der Waals surface area contributed by atoms with Crippen LogP contribution < -0.4 is 0 Å². The Bertz CT molecular complexity index is 349. The highest BCUT2D eigenvalue weighted by atomic mass is 79.9. The Morgan fingerprint density at radius 2 is 1.59 bits per heavy atom. The quantitative estimate of drug-likeness (QED) is 0.571. The Labute approximate surface area is 106 Å². The van der Waals surface area contributed by atoms with Gasteiger partial charge < -0.3 is 17.3 Å². The summed E-state index contributed by atoms with van der Waals surface area (Å²) in [6.07, 6.45) is 3.46. The lowest BCUT2D eigenvalue weighted by Crippen LogP contribution is -2.02. The molecule has 1 N–H and O–H groups in total. The molecule has 2 aromatic rings. The average Bonchev–Trinajstić information content (AvgIpc) is 2.73. The lowest BCUT2D eigenvalue weighted by molar-refractivity contribution is 0.368. The first-order chi connectivity index (χ1) is 7.89. The number of rotatable bonds is 0. The molecule has 0 atom stereocenters. The van der Waals surface area contributed by atoms with Crippen molar-refractivity contribution in [2.45, 2.75) is 0 Å². The second-order valence-corrected chi connectivity index (χ2v) is 3.47. The van der Waals surface area contributed by atoms with Gasteiger partial charge in [-0.25, -0.2) is 0 Å². The minimum Gasteiger partial charge on any atom is -0.418 e. The smallest absolute Gasteiger partial charge is 0.418 e. The standard InChI is InChI=1S/C6H5Br.C3H4N2.BF4/c7-6-4-2-1-3-5-6;1-2-4-5-3-1;2-1(3,4)5/h1-5H;1-3H,(H,4,5);/q;;-1/p+1. The number of hydrogen-bond acceptors (Lipinski definition) is 1. The molecule has 0 saturated heterocycles. The Morgan fingerprint density at radius 1 is 1.06 bits per heavy atom. The fraction of sp³-hybridized carbons (Fsp3) is 0. The first kappa shape index (κ1) is 15.7. The van der Waals surface area contributed by atoms with Crippen LogP contribution in [-0.4, -0.2) is 17.5 Å². The number of nitrogens with zero attached hydrogens (tertiary/aromatic N) is 1. The van der Waals surface area contributed by atoms with E-state index in [0.29, 0.717) is 0 Å². The van der Waals surface area contributed by atoms with Crippen LogP contribution in [0.3, 0.4) is 0 Å². The molecule has 0 spiro atoms. The first-order valence-corrected chi connectivity index (χ1v) is 5.20. The molecule has 1 aromatic carbocycles. The lowest BCUT2D eigenvalue weighted by Gasteiger charge is -1.94. The van der Waals surface area contributed by atoms with Gasteiger partial charge in [0, 0.05) is 16.9 Å². The van der Waals surface area contributed by atoms with Gasteiger partial charge in [0.1, 0.15) is 0 Å². The normalized spacial score (nSPS) is 9.47. The fourth-order valence-corrected chi connectivity index (χ4v) is 0.935. The minimum absolute atomic E-state index is 0. The third-order valence-electron chi connectivity index (χ3n) is 1.14. The molecule has 94 valence electrons. The molecule has 0 amide bonds. The van der Waals surface area contributed by atoms with Crippen molar-refractivity contribution < 1.29 is 18.7 Å². The third-order valence-corrected chi connectivity index (χ3v) is 1.67. The van der Waals surface area contributed by atoms with Crippen LogP contribution in [0.5, 0.6) is 0 Å². The molecule has 0 fully saturated rings. The van der Waals surface area contributed by atoms with Crippen molar-refractivity contribution in [3.8, 4) is 0 Å². The van der Waals surface area contributed by atoms with Crippen LogP contribution in [0, 0.1) is 0 Å². The lowest BCUT2D eigenvalue weighted by atomic mass is 10.3. The van der Waals surface area contributed by atoms with Crippen LogP contribution in [0.2, 0.25) is 0 Å². The van der Waals surface area contributed by atoms with Crippen molar-refractivity contribution in [1.29, 1.82) is 0 Å². The summed E-state index contributed by atoms with van der Waals surface area (Å²) >= 11 is 3.31. The van der Waals surface area contributed by atoms with E-state index in [4.69, 9.17) is 0 Å². The van der Waals surface area contributed by atoms with E-state index in [1.165, 1.54) is 0 Å². The predicted octanol–water partition coefficient (Wildman–Crippen LogP) is 4.27. The highest BCUT2D eigenvalue weighted by molar-refractivity contribution is 9.10. The number of benzene rings is 1. The Hall–Kier alpha value is -1.31. The van der Waals surface area contributed by atoms with Crippen LogP contribution >= 0.6 is 15.9 Å². The summed E-state index contributed by atoms with van der Waals surface area (Å²) in [5.41, 5.74) is 0. The van der Waals surface area contributed by atoms with Crippen molar-refractivity contribution in [3.05, 3.63) is 53.3 Å². The molecule has 1 aromatic heterocycles. The zero-order chi connectivity index (χ0) is 13.1. The SMILES string of the molecule is Brc1ccccc1.F[B-](F)(F)F.[H+].c1cn[nH]c1. The van der Waals surface area contributed by atoms with E-state index in [2.05, 4.69) is 26.1 Å². The van der Waals surface area contributed by atoms with Gasteiger partial charge in [0.25, 0.3) is 0 Å². The van der Waals surface area contributed by atoms with Gasteiger partial charge in [-0.1, -0.05) is 34.1 Å². The average molecular weight is 313 g/mol. The van der Waals surface area contributed by atoms with E-state index in [0.717, 1.165) is 4.47 Å². The Balaban J connectivity index is 0. The zero-order valence-electron chi connectivity index (χ0n) is 9.53. The third kappa shape index (κ3) is 17.3. The summed E-state index contributed by atoms with van der Waals surface area (Å²) in [4.78, 5) is 0. The van der Waals surface area contributed by atoms with Crippen molar-refractivity contribution in [2.24, 2.45) is 0 Å². The summed E-state index contributed by atoms with van der Waals surface area (Å²) in [6.45, 7) is 0. The molecule has 17 heavy (non-hydrogen) atoms. The number of H-pyrrole nitrogens is 1. The summed E-state index contributed by atoms with van der Waals surface area (Å²) in [7, 11) is -6.00. The molecular weight excluding hydrogens is 303 g/mol. The monoisotopic (exact) mass is 312 g/mol. The zero-order valence-corrected chi connectivity index (χ0v) is 10.1. The molecule has 8 heteroatoms. The number of aromatic nitrogens is 2. The van der Waals surface area contributed by atoms with E-state index in [-0.39, 0.29) is 1.43 Å². The van der Waals surface area contributed by atoms with Crippen molar-refractivity contribution in [3.63, 3.8) is 0 Å². The molecular formula is C9H10BBrF4N2. The Kier molecular flexibility index (Phi) is 8.13. The first-order valence-electron chi connectivity index (χ1n) is 4.41. The van der Waals surface area contributed by atoms with E-state index in [9.17, 15) is 17.3 Å². The van der Waals surface area contributed by atoms with Crippen LogP contribution in [0.1, 0.15) is 1.43 Å². The van der Waals surface area contributed by atoms with Gasteiger partial charge in [0.2, 0.25) is 0 Å². The van der Waals surface area contributed by atoms with Gasteiger partial charge in [0.05, 0.1) is 0 Å². The Morgan fingerprint density at radius 3 is 1.76 bits per heavy atom. The maximum absolute atomic E-state index is 9.75. The van der Waals surface area contributed by atoms with E-state index < -0.39 is 7.25 Å². The van der Waals surface area contributed by atoms with Gasteiger partial charge >= 0.3 is 8.68 Å². The largest absolute Gasteiger partial charge is 1.00 e. The predicted molar refractivity (Wildman–Crippen MR) is 64.0 cm³/mol. The molecule has 0 aliphatic heterocycles. The summed E-state index contributed by atoms with van der Waals surface area (Å²) < 4.78 is 40.1. The van der Waals surface area contributed by atoms with E-state index in [1.54, 1.807) is 12.4 Å². The molecule has 0 radical (unpaired) electrons. The van der Waals surface area contributed by atoms with Gasteiger partial charge in [-0.2, -0.15) is 5.10 Å². The summed E-state index contributed by atoms with van der Waals surface area (Å²) in [6, 6.07) is 11.8. The fourth-order valence-electron chi connectivity index (χ4n) is 0.630. The second kappa shape index (κ2) is 8.80. The van der Waals surface area contributed by atoms with Crippen molar-refractivity contribution >= 4 is 23.2 Å². The molecule has 0 saturated carbocycles. The molecule has 0 bridgehead atoms. The highest BCUT2D eigenvalue weighted by Crippen LogP contribution is 2.06. The summed E-state index contributed by atoms with van der Waals surface area (Å²) in [5, 5.41) is 6.21. The molecule has 0 unspecified atom stereocenters. The van der Waals surface area contributed by atoms with Crippen LogP contribution in [0.25, 0.3) is 0 Å². The van der Waals surface area contributed by atoms with Gasteiger partial charge in [0.15, 0.2) is 0 Å². The van der Waals surface area contributed by atoms with E-state index >= 15 is 0 Å². The number of nitrogens with one attached hydrogen (secondary N) is 1. The maximum Gasteiger partial charge on any atom is 1.00 e. The van der Waals surface area contributed by atoms with Gasteiger partial charge in [-0.3, -0.25) is 5.10 Å². The highest BCUT2D eigenvalue weighted by Gasteiger charge is 2.20. The number of hydrogen-bond donors (Lipinski definition) is 1. The van der Waals surface area contributed by atoms with Crippen LogP contribution in [-0.2, 0) is 0 Å². The summed E-state index contributed by atoms with van der Waals surface area (Å²) in [5.74, 6) is 0. The maximum atomic E-state index is 9.75. The molecule has 0 aliphatic carbocycles. The number of aromatic amines is 1. The van der Waals surface area contributed by atoms with E-state index in [1.807, 2.05) is 36.4 Å². The second-order valence-electron chi connectivity index (χ2n) is 2.56. The van der Waals surface area contributed by atoms with Crippen LogP contribution in [0.15, 0.2) is 53.3 Å². The van der Waals surface area contributed by atoms with Crippen molar-refractivity contribution in [1.82, 2.24) is 10.2 Å². The topological polar surface area (TPSA) is 28.7 Å². The number of halogens is 5. The molecule has 2 rings (SSSR count). The van der Waals surface area contributed by atoms with Crippen molar-refractivity contribution in [2.75, 3.05) is 0 Å². The molecule has 0 aliphatic rings. The van der Waals surface area contributed by atoms with Gasteiger partial charge in [-0.05, 0) is 18.2 Å².